The van der Waals surface area contributed by atoms with E-state index in [-0.39, 0.29) is 17.8 Å². The second-order valence-electron chi connectivity index (χ2n) is 3.70. The van der Waals surface area contributed by atoms with E-state index in [2.05, 4.69) is 15.6 Å². The van der Waals surface area contributed by atoms with Crippen molar-refractivity contribution in [1.29, 1.82) is 0 Å². The molecule has 2 N–H and O–H groups in total. The molecule has 0 saturated carbocycles. The number of aliphatic imine (C=N–C) groups is 1. The summed E-state index contributed by atoms with van der Waals surface area (Å²) in [5.41, 5.74) is 0.425. The maximum atomic E-state index is 12.9. The van der Waals surface area contributed by atoms with Gasteiger partial charge in [0, 0.05) is 11.7 Å². The van der Waals surface area contributed by atoms with Crippen molar-refractivity contribution in [2.75, 3.05) is 11.9 Å². The zero-order valence-electron chi connectivity index (χ0n) is 8.83. The molecule has 0 spiro atoms. The number of nitrogens with zero attached hydrogens (tertiary/aromatic N) is 1. The van der Waals surface area contributed by atoms with Gasteiger partial charge in [0.25, 0.3) is 5.91 Å². The lowest BCUT2D eigenvalue weighted by Crippen LogP contribution is -2.36. The number of rotatable bonds is 2. The fourth-order valence-electron chi connectivity index (χ4n) is 1.45. The van der Waals surface area contributed by atoms with Crippen LogP contribution in [0.2, 0.25) is 0 Å². The van der Waals surface area contributed by atoms with Gasteiger partial charge in [-0.25, -0.2) is 4.39 Å². The summed E-state index contributed by atoms with van der Waals surface area (Å²) in [6.07, 6.45) is 0. The SMILES string of the molecule is CC1CN=C(C(=O)Nc2cccc(F)c2)N1. The Labute approximate surface area is 92.6 Å². The highest BCUT2D eigenvalue weighted by Gasteiger charge is 2.19. The van der Waals surface area contributed by atoms with Crippen molar-refractivity contribution < 1.29 is 9.18 Å². The van der Waals surface area contributed by atoms with E-state index in [9.17, 15) is 9.18 Å². The zero-order valence-corrected chi connectivity index (χ0v) is 8.83. The van der Waals surface area contributed by atoms with Crippen LogP contribution < -0.4 is 10.6 Å². The number of carbonyl (C=O) groups excluding carboxylic acids is 1. The molecule has 1 aliphatic rings. The van der Waals surface area contributed by atoms with E-state index in [1.807, 2.05) is 6.92 Å². The van der Waals surface area contributed by atoms with Crippen molar-refractivity contribution in [2.24, 2.45) is 4.99 Å². The number of benzene rings is 1. The van der Waals surface area contributed by atoms with Crippen molar-refractivity contribution in [3.05, 3.63) is 30.1 Å². The molecule has 0 aromatic heterocycles. The lowest BCUT2D eigenvalue weighted by atomic mass is 10.3. The molecule has 1 aromatic carbocycles. The van der Waals surface area contributed by atoms with Gasteiger partial charge in [0.2, 0.25) is 0 Å². The zero-order chi connectivity index (χ0) is 11.5. The third-order valence-electron chi connectivity index (χ3n) is 2.20. The predicted octanol–water partition coefficient (Wildman–Crippen LogP) is 1.15. The number of anilines is 1. The van der Waals surface area contributed by atoms with Crippen LogP contribution >= 0.6 is 0 Å². The Kier molecular flexibility index (Phi) is 2.85. The Morgan fingerprint density at radius 2 is 2.44 bits per heavy atom. The largest absolute Gasteiger partial charge is 0.361 e. The lowest BCUT2D eigenvalue weighted by Gasteiger charge is -2.07. The van der Waals surface area contributed by atoms with Gasteiger partial charge in [-0.3, -0.25) is 9.79 Å². The summed E-state index contributed by atoms with van der Waals surface area (Å²) in [6.45, 7) is 2.53. The maximum absolute atomic E-state index is 12.9. The van der Waals surface area contributed by atoms with Crippen molar-refractivity contribution in [3.8, 4) is 0 Å². The molecule has 0 aliphatic carbocycles. The second kappa shape index (κ2) is 4.30. The Balaban J connectivity index is 2.03. The lowest BCUT2D eigenvalue weighted by molar-refractivity contribution is -0.110. The van der Waals surface area contributed by atoms with Crippen molar-refractivity contribution in [1.82, 2.24) is 5.32 Å². The number of nitrogens with one attached hydrogen (secondary N) is 2. The van der Waals surface area contributed by atoms with Gasteiger partial charge in [-0.05, 0) is 25.1 Å². The first kappa shape index (κ1) is 10.6. The molecule has 16 heavy (non-hydrogen) atoms. The van der Waals surface area contributed by atoms with E-state index >= 15 is 0 Å². The second-order valence-corrected chi connectivity index (χ2v) is 3.70. The van der Waals surface area contributed by atoms with Crippen LogP contribution in [0.15, 0.2) is 29.3 Å². The van der Waals surface area contributed by atoms with Crippen LogP contribution in [0.5, 0.6) is 0 Å². The Hall–Kier alpha value is -1.91. The van der Waals surface area contributed by atoms with Gasteiger partial charge < -0.3 is 10.6 Å². The van der Waals surface area contributed by atoms with E-state index in [1.165, 1.54) is 18.2 Å². The van der Waals surface area contributed by atoms with Gasteiger partial charge in [-0.1, -0.05) is 6.07 Å². The van der Waals surface area contributed by atoms with Gasteiger partial charge in [0.15, 0.2) is 5.84 Å². The monoisotopic (exact) mass is 221 g/mol. The molecular weight excluding hydrogens is 209 g/mol. The molecule has 1 atom stereocenters. The van der Waals surface area contributed by atoms with Crippen molar-refractivity contribution in [3.63, 3.8) is 0 Å². The molecule has 1 aliphatic heterocycles. The summed E-state index contributed by atoms with van der Waals surface area (Å²) in [4.78, 5) is 15.7. The molecule has 84 valence electrons. The van der Waals surface area contributed by atoms with E-state index < -0.39 is 0 Å². The van der Waals surface area contributed by atoms with E-state index in [1.54, 1.807) is 6.07 Å². The van der Waals surface area contributed by atoms with Crippen LogP contribution in [0.3, 0.4) is 0 Å². The smallest absolute Gasteiger partial charge is 0.290 e. The molecule has 0 bridgehead atoms. The molecule has 1 unspecified atom stereocenters. The van der Waals surface area contributed by atoms with Crippen molar-refractivity contribution in [2.45, 2.75) is 13.0 Å². The minimum atomic E-state index is -0.382. The summed E-state index contributed by atoms with van der Waals surface area (Å²) in [7, 11) is 0. The summed E-state index contributed by atoms with van der Waals surface area (Å²) < 4.78 is 12.9. The Bertz CT molecular complexity index is 445. The fourth-order valence-corrected chi connectivity index (χ4v) is 1.45. The normalized spacial score (nSPS) is 18.9. The molecule has 0 saturated heterocycles. The summed E-state index contributed by atoms with van der Waals surface area (Å²) in [5.74, 6) is -0.417. The highest BCUT2D eigenvalue weighted by Crippen LogP contribution is 2.09. The molecule has 2 rings (SSSR count). The summed E-state index contributed by atoms with van der Waals surface area (Å²) >= 11 is 0. The minimum Gasteiger partial charge on any atom is -0.361 e. The van der Waals surface area contributed by atoms with Gasteiger partial charge in [0.1, 0.15) is 5.82 Å². The summed E-state index contributed by atoms with van der Waals surface area (Å²) in [6, 6.07) is 5.92. The van der Waals surface area contributed by atoms with Crippen LogP contribution in [-0.2, 0) is 4.79 Å². The van der Waals surface area contributed by atoms with Crippen LogP contribution in [0, 0.1) is 5.82 Å². The third kappa shape index (κ3) is 2.36. The standard InChI is InChI=1S/C11H12FN3O/c1-7-6-13-10(14-7)11(16)15-9-4-2-3-8(12)5-9/h2-5,7H,6H2,1H3,(H,13,14)(H,15,16). The van der Waals surface area contributed by atoms with Crippen LogP contribution in [0.25, 0.3) is 0 Å². The summed E-state index contributed by atoms with van der Waals surface area (Å²) in [5, 5.41) is 5.51. The van der Waals surface area contributed by atoms with Crippen LogP contribution in [-0.4, -0.2) is 24.3 Å². The number of amides is 1. The van der Waals surface area contributed by atoms with Gasteiger partial charge in [-0.2, -0.15) is 0 Å². The number of carbonyl (C=O) groups is 1. The topological polar surface area (TPSA) is 53.5 Å². The average molecular weight is 221 g/mol. The molecule has 4 nitrogen and oxygen atoms in total. The van der Waals surface area contributed by atoms with Crippen LogP contribution in [0.1, 0.15) is 6.92 Å². The quantitative estimate of drug-likeness (QED) is 0.787. The highest BCUT2D eigenvalue weighted by molar-refractivity contribution is 6.42. The first-order chi connectivity index (χ1) is 7.65. The van der Waals surface area contributed by atoms with E-state index in [4.69, 9.17) is 0 Å². The Morgan fingerprint density at radius 3 is 3.06 bits per heavy atom. The molecule has 0 fully saturated rings. The maximum Gasteiger partial charge on any atom is 0.290 e. The number of hydrogen-bond donors (Lipinski definition) is 2. The fraction of sp³-hybridized carbons (Fsp3) is 0.273. The highest BCUT2D eigenvalue weighted by atomic mass is 19.1. The molecule has 1 aromatic rings. The van der Waals surface area contributed by atoms with Gasteiger partial charge >= 0.3 is 0 Å². The molecule has 0 radical (unpaired) electrons. The van der Waals surface area contributed by atoms with Crippen molar-refractivity contribution >= 4 is 17.4 Å². The first-order valence-corrected chi connectivity index (χ1v) is 5.03. The molecule has 1 amide bonds. The number of hydrogen-bond acceptors (Lipinski definition) is 3. The van der Waals surface area contributed by atoms with Crippen LogP contribution in [0.4, 0.5) is 10.1 Å². The minimum absolute atomic E-state index is 0.174. The third-order valence-corrected chi connectivity index (χ3v) is 2.20. The molecule has 5 heteroatoms. The molecule has 1 heterocycles. The number of halogens is 1. The average Bonchev–Trinajstić information content (AvgIpc) is 2.65. The van der Waals surface area contributed by atoms with E-state index in [0.717, 1.165) is 0 Å². The predicted molar refractivity (Wildman–Crippen MR) is 59.9 cm³/mol. The Morgan fingerprint density at radius 1 is 1.62 bits per heavy atom. The van der Waals surface area contributed by atoms with E-state index in [0.29, 0.717) is 18.1 Å². The first-order valence-electron chi connectivity index (χ1n) is 5.03. The van der Waals surface area contributed by atoms with Gasteiger partial charge in [-0.15, -0.1) is 0 Å². The number of amidine groups is 1. The van der Waals surface area contributed by atoms with Gasteiger partial charge in [0.05, 0.1) is 6.54 Å². The molecular formula is C11H12FN3O.